The maximum absolute atomic E-state index is 12.3. The lowest BCUT2D eigenvalue weighted by molar-refractivity contribution is -0.148. The van der Waals surface area contributed by atoms with Crippen molar-refractivity contribution in [1.82, 2.24) is 4.98 Å². The number of piperidine rings is 1. The van der Waals surface area contributed by atoms with Gasteiger partial charge in [0.05, 0.1) is 18.7 Å². The normalized spacial score (nSPS) is 21.5. The second kappa shape index (κ2) is 9.58. The van der Waals surface area contributed by atoms with Crippen LogP contribution >= 0.6 is 27.3 Å². The molecule has 0 radical (unpaired) electrons. The number of ether oxygens (including phenoxy) is 2. The van der Waals surface area contributed by atoms with Crippen molar-refractivity contribution >= 4 is 44.1 Å². The number of benzene rings is 2. The number of nitrogen functional groups attached to an aromatic ring is 1. The standard InChI is InChI=1S/C26H28BrN3O3S/c1-15-3-8-23(33-13-18-6-7-19(27)10-21(18)28)20(9-15)22-14-34-26(29-22)30-11-16-4-5-17(12-30)24(16)25(31)32-2/h3,6-10,14,16-17,24H,4-5,11-13,28H2,1-2H3. The van der Waals surface area contributed by atoms with Gasteiger partial charge in [0.2, 0.25) is 0 Å². The molecule has 1 saturated carbocycles. The van der Waals surface area contributed by atoms with Gasteiger partial charge in [-0.25, -0.2) is 4.98 Å². The van der Waals surface area contributed by atoms with Gasteiger partial charge in [0.25, 0.3) is 0 Å². The van der Waals surface area contributed by atoms with Crippen LogP contribution in [0.1, 0.15) is 24.0 Å². The van der Waals surface area contributed by atoms with Crippen LogP contribution < -0.4 is 15.4 Å². The van der Waals surface area contributed by atoms with E-state index in [0.717, 1.165) is 63.7 Å². The lowest BCUT2D eigenvalue weighted by Gasteiger charge is -2.36. The molecule has 2 aromatic carbocycles. The number of halogens is 1. The number of fused-ring (bicyclic) bond motifs is 2. The summed E-state index contributed by atoms with van der Waals surface area (Å²) >= 11 is 5.10. The fourth-order valence-electron chi connectivity index (χ4n) is 5.26. The van der Waals surface area contributed by atoms with E-state index >= 15 is 0 Å². The molecule has 2 heterocycles. The first kappa shape index (κ1) is 23.2. The molecule has 1 aliphatic carbocycles. The highest BCUT2D eigenvalue weighted by Gasteiger charge is 2.47. The smallest absolute Gasteiger partial charge is 0.309 e. The van der Waals surface area contributed by atoms with Gasteiger partial charge < -0.3 is 20.1 Å². The van der Waals surface area contributed by atoms with Crippen LogP contribution in [-0.4, -0.2) is 31.2 Å². The average molecular weight is 542 g/mol. The Morgan fingerprint density at radius 3 is 2.68 bits per heavy atom. The summed E-state index contributed by atoms with van der Waals surface area (Å²) in [6, 6.07) is 12.0. The maximum Gasteiger partial charge on any atom is 0.309 e. The van der Waals surface area contributed by atoms with E-state index in [1.165, 1.54) is 7.11 Å². The minimum Gasteiger partial charge on any atom is -0.488 e. The Bertz CT molecular complexity index is 1200. The lowest BCUT2D eigenvalue weighted by Crippen LogP contribution is -2.45. The van der Waals surface area contributed by atoms with Crippen molar-refractivity contribution < 1.29 is 14.3 Å². The number of carbonyl (C=O) groups is 1. The van der Waals surface area contributed by atoms with E-state index in [0.29, 0.717) is 24.1 Å². The molecule has 0 spiro atoms. The summed E-state index contributed by atoms with van der Waals surface area (Å²) in [6.45, 7) is 4.16. The lowest BCUT2D eigenvalue weighted by atomic mass is 9.85. The van der Waals surface area contributed by atoms with E-state index in [1.54, 1.807) is 11.3 Å². The van der Waals surface area contributed by atoms with Crippen molar-refractivity contribution in [3.8, 4) is 17.0 Å². The molecule has 2 bridgehead atoms. The molecule has 2 N–H and O–H groups in total. The van der Waals surface area contributed by atoms with Crippen LogP contribution in [0, 0.1) is 24.7 Å². The van der Waals surface area contributed by atoms with E-state index in [-0.39, 0.29) is 11.9 Å². The fourth-order valence-corrected chi connectivity index (χ4v) is 6.48. The maximum atomic E-state index is 12.3. The number of rotatable bonds is 6. The van der Waals surface area contributed by atoms with Gasteiger partial charge in [-0.1, -0.05) is 33.6 Å². The van der Waals surface area contributed by atoms with E-state index in [2.05, 4.69) is 39.2 Å². The highest BCUT2D eigenvalue weighted by atomic mass is 79.9. The zero-order chi connectivity index (χ0) is 23.8. The zero-order valence-corrected chi connectivity index (χ0v) is 21.7. The molecule has 1 saturated heterocycles. The SMILES string of the molecule is COC(=O)C1C2CCC1CN(c1nc(-c3cc(C)ccc3OCc3ccc(Br)cc3N)cs1)C2. The fraction of sp³-hybridized carbons (Fsp3) is 0.385. The van der Waals surface area contributed by atoms with Crippen LogP contribution in [0.5, 0.6) is 5.75 Å². The molecule has 2 unspecified atom stereocenters. The number of anilines is 2. The molecule has 5 rings (SSSR count). The Hall–Kier alpha value is -2.58. The van der Waals surface area contributed by atoms with Gasteiger partial charge in [-0.2, -0.15) is 0 Å². The third kappa shape index (κ3) is 4.53. The van der Waals surface area contributed by atoms with Crippen molar-refractivity contribution in [2.24, 2.45) is 17.8 Å². The molecule has 8 heteroatoms. The average Bonchev–Trinajstić information content (AvgIpc) is 3.41. The zero-order valence-electron chi connectivity index (χ0n) is 19.3. The topological polar surface area (TPSA) is 77.7 Å². The Kier molecular flexibility index (Phi) is 6.53. The number of carbonyl (C=O) groups excluding carboxylic acids is 1. The quantitative estimate of drug-likeness (QED) is 0.319. The highest BCUT2D eigenvalue weighted by Crippen LogP contribution is 2.45. The number of aryl methyl sites for hydroxylation is 1. The summed E-state index contributed by atoms with van der Waals surface area (Å²) < 4.78 is 12.2. The predicted octanol–water partition coefficient (Wildman–Crippen LogP) is 5.68. The summed E-state index contributed by atoms with van der Waals surface area (Å²) in [4.78, 5) is 19.6. The minimum absolute atomic E-state index is 0.0310. The monoisotopic (exact) mass is 541 g/mol. The van der Waals surface area contributed by atoms with Crippen molar-refractivity contribution in [2.45, 2.75) is 26.4 Å². The third-order valence-electron chi connectivity index (χ3n) is 6.97. The molecule has 6 nitrogen and oxygen atoms in total. The van der Waals surface area contributed by atoms with Gasteiger partial charge in [0, 0.05) is 39.8 Å². The van der Waals surface area contributed by atoms with Gasteiger partial charge in [-0.05, 0) is 55.9 Å². The summed E-state index contributed by atoms with van der Waals surface area (Å²) in [5, 5.41) is 3.10. The number of thiazole rings is 1. The molecule has 3 aromatic rings. The van der Waals surface area contributed by atoms with E-state index in [4.69, 9.17) is 20.2 Å². The van der Waals surface area contributed by atoms with Gasteiger partial charge in [0.1, 0.15) is 12.4 Å². The summed E-state index contributed by atoms with van der Waals surface area (Å²) in [5.74, 6) is 1.44. The number of aromatic nitrogens is 1. The first-order valence-corrected chi connectivity index (χ1v) is 13.2. The van der Waals surface area contributed by atoms with Crippen LogP contribution in [0.25, 0.3) is 11.3 Å². The summed E-state index contributed by atoms with van der Waals surface area (Å²) in [5.41, 5.74) is 10.8. The molecule has 2 fully saturated rings. The first-order valence-electron chi connectivity index (χ1n) is 11.5. The number of nitrogens with two attached hydrogens (primary N) is 1. The van der Waals surface area contributed by atoms with Crippen molar-refractivity contribution in [1.29, 1.82) is 0 Å². The van der Waals surface area contributed by atoms with E-state index in [9.17, 15) is 4.79 Å². The van der Waals surface area contributed by atoms with Crippen molar-refractivity contribution in [2.75, 3.05) is 30.8 Å². The Balaban J connectivity index is 1.35. The summed E-state index contributed by atoms with van der Waals surface area (Å²) in [7, 11) is 1.49. The number of esters is 1. The number of methoxy groups -OCH3 is 1. The molecular weight excluding hydrogens is 514 g/mol. The first-order chi connectivity index (χ1) is 16.4. The van der Waals surface area contributed by atoms with Crippen LogP contribution in [0.3, 0.4) is 0 Å². The van der Waals surface area contributed by atoms with Gasteiger partial charge >= 0.3 is 5.97 Å². The molecule has 1 aliphatic heterocycles. The van der Waals surface area contributed by atoms with Crippen molar-refractivity contribution in [3.63, 3.8) is 0 Å². The van der Waals surface area contributed by atoms with Crippen LogP contribution in [0.2, 0.25) is 0 Å². The Labute approximate surface area is 212 Å². The van der Waals surface area contributed by atoms with Gasteiger partial charge in [0.15, 0.2) is 5.13 Å². The number of hydrogen-bond acceptors (Lipinski definition) is 7. The number of hydrogen-bond donors (Lipinski definition) is 1. The van der Waals surface area contributed by atoms with Crippen LogP contribution in [0.4, 0.5) is 10.8 Å². The number of nitrogens with zero attached hydrogens (tertiary/aromatic N) is 2. The molecule has 1 aromatic heterocycles. The molecule has 0 amide bonds. The largest absolute Gasteiger partial charge is 0.488 e. The molecule has 34 heavy (non-hydrogen) atoms. The predicted molar refractivity (Wildman–Crippen MR) is 139 cm³/mol. The Morgan fingerprint density at radius 1 is 1.21 bits per heavy atom. The van der Waals surface area contributed by atoms with Crippen LogP contribution in [-0.2, 0) is 16.1 Å². The second-order valence-corrected chi connectivity index (χ2v) is 11.0. The van der Waals surface area contributed by atoms with E-state index in [1.807, 2.05) is 30.3 Å². The molecular formula is C26H28BrN3O3S. The van der Waals surface area contributed by atoms with Crippen molar-refractivity contribution in [3.05, 3.63) is 57.4 Å². The Morgan fingerprint density at radius 2 is 1.97 bits per heavy atom. The van der Waals surface area contributed by atoms with Gasteiger partial charge in [-0.3, -0.25) is 4.79 Å². The minimum atomic E-state index is -0.0556. The van der Waals surface area contributed by atoms with Gasteiger partial charge in [-0.15, -0.1) is 11.3 Å². The third-order valence-corrected chi connectivity index (χ3v) is 8.37. The summed E-state index contributed by atoms with van der Waals surface area (Å²) in [6.07, 6.45) is 2.16. The molecule has 2 aliphatic rings. The second-order valence-electron chi connectivity index (χ2n) is 9.20. The van der Waals surface area contributed by atoms with Crippen LogP contribution in [0.15, 0.2) is 46.3 Å². The van der Waals surface area contributed by atoms with E-state index < -0.39 is 0 Å². The molecule has 2 atom stereocenters. The molecule has 178 valence electrons. The highest BCUT2D eigenvalue weighted by molar-refractivity contribution is 9.10.